The second kappa shape index (κ2) is 6.06. The van der Waals surface area contributed by atoms with E-state index in [1.54, 1.807) is 0 Å². The summed E-state index contributed by atoms with van der Waals surface area (Å²) in [7, 11) is 0. The first kappa shape index (κ1) is 14.5. The van der Waals surface area contributed by atoms with Gasteiger partial charge in [0.05, 0.1) is 5.02 Å². The van der Waals surface area contributed by atoms with E-state index < -0.39 is 5.82 Å². The lowest BCUT2D eigenvalue weighted by molar-refractivity contribution is 0.0920. The molecule has 0 amide bonds. The van der Waals surface area contributed by atoms with E-state index >= 15 is 0 Å². The third kappa shape index (κ3) is 3.36. The average molecular weight is 293 g/mol. The van der Waals surface area contributed by atoms with Crippen LogP contribution >= 0.6 is 11.6 Å². The number of hydrogen-bond acceptors (Lipinski definition) is 2. The summed E-state index contributed by atoms with van der Waals surface area (Å²) in [6.07, 6.45) is 0. The van der Waals surface area contributed by atoms with Crippen LogP contribution in [0.3, 0.4) is 0 Å². The number of carbonyl (C=O) groups excluding carboxylic acids is 1. The Morgan fingerprint density at radius 3 is 2.65 bits per heavy atom. The van der Waals surface area contributed by atoms with Crippen LogP contribution in [0.15, 0.2) is 36.4 Å². The molecule has 20 heavy (non-hydrogen) atoms. The second-order valence-corrected chi connectivity index (χ2v) is 5.01. The molecule has 104 valence electrons. The SMILES string of the molecule is Cc1ccc(C)c(C(=O)COc2ccc(Cl)c(F)c2)c1. The predicted octanol–water partition coefficient (Wildman–Crippen LogP) is 4.36. The normalized spacial score (nSPS) is 10.4. The number of benzene rings is 2. The van der Waals surface area contributed by atoms with Gasteiger partial charge in [-0.05, 0) is 37.6 Å². The number of rotatable bonds is 4. The highest BCUT2D eigenvalue weighted by atomic mass is 35.5. The van der Waals surface area contributed by atoms with Gasteiger partial charge in [-0.25, -0.2) is 4.39 Å². The van der Waals surface area contributed by atoms with Crippen LogP contribution in [0.25, 0.3) is 0 Å². The van der Waals surface area contributed by atoms with E-state index in [1.807, 2.05) is 32.0 Å². The van der Waals surface area contributed by atoms with Crippen LogP contribution in [-0.4, -0.2) is 12.4 Å². The van der Waals surface area contributed by atoms with Crippen LogP contribution in [0.2, 0.25) is 5.02 Å². The van der Waals surface area contributed by atoms with Crippen molar-refractivity contribution in [3.05, 3.63) is 63.9 Å². The molecule has 0 heterocycles. The van der Waals surface area contributed by atoms with Gasteiger partial charge in [0.2, 0.25) is 0 Å². The number of Topliss-reactive ketones (excluding diaryl/α,β-unsaturated/α-hetero) is 1. The van der Waals surface area contributed by atoms with E-state index in [0.29, 0.717) is 5.56 Å². The fourth-order valence-electron chi connectivity index (χ4n) is 1.83. The Kier molecular flexibility index (Phi) is 4.40. The molecule has 0 radical (unpaired) electrons. The molecule has 2 nitrogen and oxygen atoms in total. The molecule has 0 aliphatic heterocycles. The number of ether oxygens (including phenoxy) is 1. The summed E-state index contributed by atoms with van der Waals surface area (Å²) >= 11 is 5.58. The van der Waals surface area contributed by atoms with Crippen LogP contribution in [0.4, 0.5) is 4.39 Å². The molecule has 0 saturated heterocycles. The van der Waals surface area contributed by atoms with E-state index in [-0.39, 0.29) is 23.2 Å². The molecule has 0 fully saturated rings. The van der Waals surface area contributed by atoms with Gasteiger partial charge in [-0.15, -0.1) is 0 Å². The summed E-state index contributed by atoms with van der Waals surface area (Å²) in [5, 5.41) is 0.0261. The number of halogens is 2. The highest BCUT2D eigenvalue weighted by molar-refractivity contribution is 6.30. The summed E-state index contributed by atoms with van der Waals surface area (Å²) in [5.41, 5.74) is 2.53. The Morgan fingerprint density at radius 1 is 1.20 bits per heavy atom. The van der Waals surface area contributed by atoms with Gasteiger partial charge in [0.1, 0.15) is 11.6 Å². The molecule has 0 spiro atoms. The summed E-state index contributed by atoms with van der Waals surface area (Å²) in [5.74, 6) is -0.421. The Morgan fingerprint density at radius 2 is 1.95 bits per heavy atom. The molecular weight excluding hydrogens is 279 g/mol. The van der Waals surface area contributed by atoms with Crippen molar-refractivity contribution in [2.45, 2.75) is 13.8 Å². The molecule has 0 aromatic heterocycles. The van der Waals surface area contributed by atoms with Gasteiger partial charge in [0, 0.05) is 11.6 Å². The molecule has 0 saturated carbocycles. The van der Waals surface area contributed by atoms with Crippen LogP contribution in [0.1, 0.15) is 21.5 Å². The van der Waals surface area contributed by atoms with Crippen molar-refractivity contribution in [2.75, 3.05) is 6.61 Å². The molecule has 0 bridgehead atoms. The van der Waals surface area contributed by atoms with Crippen LogP contribution in [-0.2, 0) is 0 Å². The first-order chi connectivity index (χ1) is 9.47. The number of carbonyl (C=O) groups is 1. The molecule has 4 heteroatoms. The fourth-order valence-corrected chi connectivity index (χ4v) is 1.95. The molecule has 0 unspecified atom stereocenters. The Labute approximate surface area is 122 Å². The Hall–Kier alpha value is -1.87. The van der Waals surface area contributed by atoms with Crippen LogP contribution < -0.4 is 4.74 Å². The van der Waals surface area contributed by atoms with E-state index in [9.17, 15) is 9.18 Å². The maximum absolute atomic E-state index is 13.2. The molecule has 0 N–H and O–H groups in total. The smallest absolute Gasteiger partial charge is 0.200 e. The number of hydrogen-bond donors (Lipinski definition) is 0. The molecule has 2 rings (SSSR count). The predicted molar refractivity (Wildman–Crippen MR) is 77.2 cm³/mol. The second-order valence-electron chi connectivity index (χ2n) is 4.61. The van der Waals surface area contributed by atoms with Crippen molar-refractivity contribution in [2.24, 2.45) is 0 Å². The summed E-state index contributed by atoms with van der Waals surface area (Å²) in [6, 6.07) is 9.75. The monoisotopic (exact) mass is 292 g/mol. The minimum absolute atomic E-state index is 0.0261. The van der Waals surface area contributed by atoms with Gasteiger partial charge < -0.3 is 4.74 Å². The number of aryl methyl sites for hydroxylation is 2. The average Bonchev–Trinajstić information content (AvgIpc) is 2.42. The molecule has 2 aromatic rings. The van der Waals surface area contributed by atoms with Crippen molar-refractivity contribution < 1.29 is 13.9 Å². The Balaban J connectivity index is 2.08. The third-order valence-corrected chi connectivity index (χ3v) is 3.26. The zero-order chi connectivity index (χ0) is 14.7. The zero-order valence-electron chi connectivity index (χ0n) is 11.2. The highest BCUT2D eigenvalue weighted by Gasteiger charge is 2.11. The standard InChI is InChI=1S/C16H14ClFO2/c1-10-3-4-11(2)13(7-10)16(19)9-20-12-5-6-14(17)15(18)8-12/h3-8H,9H2,1-2H3. The van der Waals surface area contributed by atoms with Gasteiger partial charge in [0.15, 0.2) is 12.4 Å². The van der Waals surface area contributed by atoms with E-state index in [4.69, 9.17) is 16.3 Å². The largest absolute Gasteiger partial charge is 0.485 e. The molecule has 0 aliphatic carbocycles. The minimum Gasteiger partial charge on any atom is -0.485 e. The number of ketones is 1. The maximum Gasteiger partial charge on any atom is 0.200 e. The summed E-state index contributed by atoms with van der Waals surface area (Å²) in [4.78, 5) is 12.1. The lowest BCUT2D eigenvalue weighted by atomic mass is 10.0. The van der Waals surface area contributed by atoms with E-state index in [2.05, 4.69) is 0 Å². The summed E-state index contributed by atoms with van der Waals surface area (Å²) < 4.78 is 18.6. The molecular formula is C16H14ClFO2. The van der Waals surface area contributed by atoms with Gasteiger partial charge in [0.25, 0.3) is 0 Å². The van der Waals surface area contributed by atoms with Crippen molar-refractivity contribution in [3.63, 3.8) is 0 Å². The van der Waals surface area contributed by atoms with Crippen molar-refractivity contribution in [1.29, 1.82) is 0 Å². The van der Waals surface area contributed by atoms with Crippen LogP contribution in [0, 0.1) is 19.7 Å². The first-order valence-corrected chi connectivity index (χ1v) is 6.53. The van der Waals surface area contributed by atoms with Crippen LogP contribution in [0.5, 0.6) is 5.75 Å². The van der Waals surface area contributed by atoms with E-state index in [1.165, 1.54) is 18.2 Å². The lowest BCUT2D eigenvalue weighted by Crippen LogP contribution is -2.13. The third-order valence-electron chi connectivity index (χ3n) is 2.95. The van der Waals surface area contributed by atoms with Gasteiger partial charge in [-0.2, -0.15) is 0 Å². The van der Waals surface area contributed by atoms with Gasteiger partial charge in [-0.3, -0.25) is 4.79 Å². The van der Waals surface area contributed by atoms with E-state index in [0.717, 1.165) is 11.1 Å². The van der Waals surface area contributed by atoms with Crippen molar-refractivity contribution in [1.82, 2.24) is 0 Å². The fraction of sp³-hybridized carbons (Fsp3) is 0.188. The minimum atomic E-state index is -0.566. The Bertz CT molecular complexity index is 653. The summed E-state index contributed by atoms with van der Waals surface area (Å²) in [6.45, 7) is 3.66. The quantitative estimate of drug-likeness (QED) is 0.783. The first-order valence-electron chi connectivity index (χ1n) is 6.15. The maximum atomic E-state index is 13.2. The molecule has 2 aromatic carbocycles. The van der Waals surface area contributed by atoms with Crippen molar-refractivity contribution in [3.8, 4) is 5.75 Å². The van der Waals surface area contributed by atoms with Gasteiger partial charge >= 0.3 is 0 Å². The highest BCUT2D eigenvalue weighted by Crippen LogP contribution is 2.20. The molecule has 0 aliphatic rings. The lowest BCUT2D eigenvalue weighted by Gasteiger charge is -2.08. The topological polar surface area (TPSA) is 26.3 Å². The van der Waals surface area contributed by atoms with Crippen molar-refractivity contribution >= 4 is 17.4 Å². The zero-order valence-corrected chi connectivity index (χ0v) is 12.0. The molecule has 0 atom stereocenters. The van der Waals surface area contributed by atoms with Gasteiger partial charge in [-0.1, -0.05) is 29.3 Å².